The monoisotopic (exact) mass is 218 g/mol. The highest BCUT2D eigenvalue weighted by Gasteiger charge is 1.99. The zero-order valence-corrected chi connectivity index (χ0v) is 9.10. The van der Waals surface area contributed by atoms with Crippen LogP contribution in [0, 0.1) is 6.92 Å². The van der Waals surface area contributed by atoms with Crippen molar-refractivity contribution in [3.63, 3.8) is 0 Å². The van der Waals surface area contributed by atoms with Crippen molar-refractivity contribution in [1.29, 1.82) is 0 Å². The quantitative estimate of drug-likeness (QED) is 0.762. The summed E-state index contributed by atoms with van der Waals surface area (Å²) in [7, 11) is 0. The number of nitrogens with zero attached hydrogens (tertiary/aromatic N) is 2. The van der Waals surface area contributed by atoms with Gasteiger partial charge in [0.15, 0.2) is 5.82 Å². The van der Waals surface area contributed by atoms with Crippen LogP contribution in [0.25, 0.3) is 0 Å². The Labute approximate surface area is 93.7 Å². The first-order valence-corrected chi connectivity index (χ1v) is 5.11. The molecule has 2 rings (SSSR count). The molecule has 0 aliphatic rings. The van der Waals surface area contributed by atoms with Gasteiger partial charge in [-0.05, 0) is 30.7 Å². The van der Waals surface area contributed by atoms with Gasteiger partial charge >= 0.3 is 0 Å². The van der Waals surface area contributed by atoms with E-state index in [2.05, 4.69) is 20.0 Å². The van der Waals surface area contributed by atoms with Crippen LogP contribution < -0.4 is 11.1 Å². The van der Waals surface area contributed by atoms with Crippen LogP contribution in [-0.4, -0.2) is 16.7 Å². The second kappa shape index (κ2) is 4.65. The average molecular weight is 218 g/mol. The number of aryl methyl sites for hydroxylation is 1. The van der Waals surface area contributed by atoms with Crippen molar-refractivity contribution >= 4 is 11.4 Å². The maximum absolute atomic E-state index is 5.73. The zero-order valence-electron chi connectivity index (χ0n) is 9.10. The van der Waals surface area contributed by atoms with E-state index in [4.69, 9.17) is 5.73 Å². The molecule has 2 aromatic rings. The number of aromatic nitrogens is 2. The van der Waals surface area contributed by atoms with Crippen molar-refractivity contribution in [3.05, 3.63) is 36.0 Å². The molecule has 16 heavy (non-hydrogen) atoms. The fraction of sp³-hybridized carbons (Fsp3) is 0.273. The van der Waals surface area contributed by atoms with Crippen molar-refractivity contribution in [2.45, 2.75) is 13.3 Å². The highest BCUT2D eigenvalue weighted by Crippen LogP contribution is 2.16. The van der Waals surface area contributed by atoms with Gasteiger partial charge < -0.3 is 15.6 Å². The summed E-state index contributed by atoms with van der Waals surface area (Å²) in [4.78, 5) is 3.94. The number of nitrogens with two attached hydrogens (primary N) is 1. The smallest absolute Gasteiger partial charge is 0.213 e. The normalized spacial score (nSPS) is 10.3. The van der Waals surface area contributed by atoms with Crippen LogP contribution in [0.2, 0.25) is 0 Å². The van der Waals surface area contributed by atoms with E-state index in [0.717, 1.165) is 29.9 Å². The zero-order chi connectivity index (χ0) is 11.4. The minimum Gasteiger partial charge on any atom is -0.399 e. The molecule has 1 heterocycles. The van der Waals surface area contributed by atoms with Gasteiger partial charge in [-0.1, -0.05) is 5.16 Å². The lowest BCUT2D eigenvalue weighted by atomic mass is 10.2. The SMILES string of the molecule is Cc1cc(NCCc2ncon2)ccc1N. The van der Waals surface area contributed by atoms with Gasteiger partial charge in [0, 0.05) is 24.3 Å². The summed E-state index contributed by atoms with van der Waals surface area (Å²) < 4.78 is 4.65. The van der Waals surface area contributed by atoms with E-state index in [9.17, 15) is 0 Å². The maximum Gasteiger partial charge on any atom is 0.213 e. The lowest BCUT2D eigenvalue weighted by Gasteiger charge is -2.07. The minimum absolute atomic E-state index is 0.708. The number of rotatable bonds is 4. The van der Waals surface area contributed by atoms with Gasteiger partial charge in [-0.25, -0.2) is 0 Å². The topological polar surface area (TPSA) is 77.0 Å². The first-order chi connectivity index (χ1) is 7.75. The number of hydrogen-bond donors (Lipinski definition) is 2. The summed E-state index contributed by atoms with van der Waals surface area (Å²) in [6.07, 6.45) is 2.07. The Bertz CT molecular complexity index is 453. The van der Waals surface area contributed by atoms with Gasteiger partial charge in [-0.15, -0.1) is 0 Å². The van der Waals surface area contributed by atoms with E-state index in [1.165, 1.54) is 6.39 Å². The molecule has 0 spiro atoms. The molecule has 3 N–H and O–H groups in total. The third-order valence-electron chi connectivity index (χ3n) is 2.35. The molecule has 5 nitrogen and oxygen atoms in total. The predicted octanol–water partition coefficient (Wildman–Crippen LogP) is 1.61. The van der Waals surface area contributed by atoms with Gasteiger partial charge in [-0.3, -0.25) is 0 Å². The molecule has 5 heteroatoms. The summed E-state index contributed by atoms with van der Waals surface area (Å²) >= 11 is 0. The fourth-order valence-corrected chi connectivity index (χ4v) is 1.41. The van der Waals surface area contributed by atoms with Crippen molar-refractivity contribution in [1.82, 2.24) is 10.1 Å². The van der Waals surface area contributed by atoms with Gasteiger partial charge in [-0.2, -0.15) is 4.98 Å². The molecule has 0 saturated heterocycles. The third-order valence-corrected chi connectivity index (χ3v) is 2.35. The molecule has 0 saturated carbocycles. The highest BCUT2D eigenvalue weighted by molar-refractivity contribution is 5.56. The lowest BCUT2D eigenvalue weighted by Crippen LogP contribution is -2.06. The Kier molecular flexibility index (Phi) is 3.05. The number of benzene rings is 1. The first-order valence-electron chi connectivity index (χ1n) is 5.11. The Balaban J connectivity index is 1.87. The minimum atomic E-state index is 0.708. The van der Waals surface area contributed by atoms with Crippen LogP contribution in [0.4, 0.5) is 11.4 Å². The number of anilines is 2. The molecule has 1 aromatic heterocycles. The molecule has 1 aromatic carbocycles. The molecular formula is C11H14N4O. The molecule has 0 fully saturated rings. The molecule has 84 valence electrons. The van der Waals surface area contributed by atoms with Crippen molar-refractivity contribution in [2.75, 3.05) is 17.6 Å². The van der Waals surface area contributed by atoms with E-state index in [0.29, 0.717) is 5.82 Å². The van der Waals surface area contributed by atoms with Crippen LogP contribution in [0.1, 0.15) is 11.4 Å². The lowest BCUT2D eigenvalue weighted by molar-refractivity contribution is 0.410. The summed E-state index contributed by atoms with van der Waals surface area (Å²) in [6, 6.07) is 5.87. The summed E-state index contributed by atoms with van der Waals surface area (Å²) in [5.41, 5.74) is 8.67. The summed E-state index contributed by atoms with van der Waals surface area (Å²) in [5.74, 6) is 0.708. The van der Waals surface area contributed by atoms with Crippen LogP contribution in [0.15, 0.2) is 29.1 Å². The average Bonchev–Trinajstić information content (AvgIpc) is 2.76. The largest absolute Gasteiger partial charge is 0.399 e. The number of nitrogen functional groups attached to an aromatic ring is 1. The van der Waals surface area contributed by atoms with Crippen molar-refractivity contribution in [2.24, 2.45) is 0 Å². The van der Waals surface area contributed by atoms with Gasteiger partial charge in [0.25, 0.3) is 0 Å². The molecule has 0 amide bonds. The van der Waals surface area contributed by atoms with Gasteiger partial charge in [0.1, 0.15) is 0 Å². The number of hydrogen-bond acceptors (Lipinski definition) is 5. The van der Waals surface area contributed by atoms with E-state index in [1.54, 1.807) is 0 Å². The van der Waals surface area contributed by atoms with Gasteiger partial charge in [0.05, 0.1) is 0 Å². The van der Waals surface area contributed by atoms with Gasteiger partial charge in [0.2, 0.25) is 6.39 Å². The maximum atomic E-state index is 5.73. The summed E-state index contributed by atoms with van der Waals surface area (Å²) in [6.45, 7) is 2.75. The second-order valence-electron chi connectivity index (χ2n) is 3.60. The van der Waals surface area contributed by atoms with Crippen molar-refractivity contribution in [3.8, 4) is 0 Å². The predicted molar refractivity (Wildman–Crippen MR) is 62.1 cm³/mol. The summed E-state index contributed by atoms with van der Waals surface area (Å²) in [5, 5.41) is 7.01. The Morgan fingerprint density at radius 3 is 3.00 bits per heavy atom. The molecule has 0 atom stereocenters. The first kappa shape index (κ1) is 10.5. The van der Waals surface area contributed by atoms with E-state index >= 15 is 0 Å². The fourth-order valence-electron chi connectivity index (χ4n) is 1.41. The molecular weight excluding hydrogens is 204 g/mol. The van der Waals surface area contributed by atoms with Crippen LogP contribution in [0.3, 0.4) is 0 Å². The highest BCUT2D eigenvalue weighted by atomic mass is 16.5. The standard InChI is InChI=1S/C11H14N4O/c1-8-6-9(2-3-10(8)12)13-5-4-11-14-7-16-15-11/h2-3,6-7,13H,4-5,12H2,1H3. The van der Waals surface area contributed by atoms with Crippen molar-refractivity contribution < 1.29 is 4.52 Å². The third kappa shape index (κ3) is 2.50. The molecule has 0 radical (unpaired) electrons. The molecule has 0 unspecified atom stereocenters. The molecule has 0 bridgehead atoms. The molecule has 0 aliphatic heterocycles. The van der Waals surface area contributed by atoms with E-state index in [1.807, 2.05) is 25.1 Å². The Hall–Kier alpha value is -2.04. The second-order valence-corrected chi connectivity index (χ2v) is 3.60. The van der Waals surface area contributed by atoms with Crippen LogP contribution in [-0.2, 0) is 6.42 Å². The number of nitrogens with one attached hydrogen (secondary N) is 1. The van der Waals surface area contributed by atoms with E-state index in [-0.39, 0.29) is 0 Å². The van der Waals surface area contributed by atoms with E-state index < -0.39 is 0 Å². The molecule has 0 aliphatic carbocycles. The Morgan fingerprint density at radius 2 is 2.31 bits per heavy atom. The Morgan fingerprint density at radius 1 is 1.44 bits per heavy atom. The van der Waals surface area contributed by atoms with Crippen LogP contribution in [0.5, 0.6) is 0 Å². The van der Waals surface area contributed by atoms with Crippen LogP contribution >= 0.6 is 0 Å².